The molecule has 0 amide bonds. The fourth-order valence-electron chi connectivity index (χ4n) is 1.61. The number of hydrogen-bond donors (Lipinski definition) is 1. The lowest BCUT2D eigenvalue weighted by Gasteiger charge is -2.11. The first kappa shape index (κ1) is 10.8. The molecule has 4 heteroatoms. The first-order chi connectivity index (χ1) is 7.70. The molecule has 3 nitrogen and oxygen atoms in total. The fraction of sp³-hybridized carbons (Fsp3) is 0.250. The molecule has 0 aromatic carbocycles. The highest BCUT2D eigenvalue weighted by Gasteiger charge is 2.02. The van der Waals surface area contributed by atoms with Crippen LogP contribution in [-0.2, 0) is 6.54 Å². The van der Waals surface area contributed by atoms with Gasteiger partial charge in [0.25, 0.3) is 0 Å². The molecule has 2 heterocycles. The predicted molar refractivity (Wildman–Crippen MR) is 66.0 cm³/mol. The van der Waals surface area contributed by atoms with Gasteiger partial charge in [-0.2, -0.15) is 5.26 Å². The Morgan fingerprint density at radius 2 is 2.06 bits per heavy atom. The molecule has 16 heavy (non-hydrogen) atoms. The first-order valence-corrected chi connectivity index (χ1v) is 5.95. The highest BCUT2D eigenvalue weighted by Crippen LogP contribution is 2.14. The van der Waals surface area contributed by atoms with Crippen LogP contribution in [0.5, 0.6) is 0 Å². The summed E-state index contributed by atoms with van der Waals surface area (Å²) in [4.78, 5) is 1.17. The molecule has 0 aliphatic heterocycles. The number of aromatic nitrogens is 1. The molecule has 0 unspecified atom stereocenters. The van der Waals surface area contributed by atoms with Gasteiger partial charge in [-0.25, -0.2) is 0 Å². The Labute approximate surface area is 98.9 Å². The van der Waals surface area contributed by atoms with Crippen molar-refractivity contribution in [3.05, 3.63) is 45.4 Å². The second-order valence-corrected chi connectivity index (χ2v) is 4.70. The first-order valence-electron chi connectivity index (χ1n) is 5.07. The van der Waals surface area contributed by atoms with Gasteiger partial charge in [-0.05, 0) is 32.0 Å². The molecule has 0 saturated heterocycles. The molecule has 1 N–H and O–H groups in total. The highest BCUT2D eigenvalue weighted by atomic mass is 32.1. The van der Waals surface area contributed by atoms with Gasteiger partial charge in [-0.15, -0.1) is 11.3 Å². The van der Waals surface area contributed by atoms with Crippen molar-refractivity contribution in [1.82, 2.24) is 4.68 Å². The predicted octanol–water partition coefficient (Wildman–Crippen LogP) is 2.78. The van der Waals surface area contributed by atoms with Crippen molar-refractivity contribution >= 4 is 11.3 Å². The highest BCUT2D eigenvalue weighted by molar-refractivity contribution is 7.10. The van der Waals surface area contributed by atoms with E-state index in [1.165, 1.54) is 16.3 Å². The van der Waals surface area contributed by atoms with Crippen LogP contribution in [0.1, 0.15) is 21.8 Å². The van der Waals surface area contributed by atoms with Gasteiger partial charge in [-0.1, -0.05) is 0 Å². The summed E-state index contributed by atoms with van der Waals surface area (Å²) in [5.74, 6) is 0. The van der Waals surface area contributed by atoms with Crippen LogP contribution in [0, 0.1) is 25.2 Å². The largest absolute Gasteiger partial charge is 0.321 e. The number of nitrogens with one attached hydrogen (secondary N) is 1. The minimum absolute atomic E-state index is 0.739. The lowest BCUT2D eigenvalue weighted by Crippen LogP contribution is -2.16. The van der Waals surface area contributed by atoms with Crippen LogP contribution in [0.25, 0.3) is 0 Å². The SMILES string of the molecule is Cc1ccc(C)n1NCc1cc(C#N)cs1. The number of thiophene rings is 1. The van der Waals surface area contributed by atoms with Crippen molar-refractivity contribution in [1.29, 1.82) is 5.26 Å². The molecule has 2 aromatic rings. The topological polar surface area (TPSA) is 40.8 Å². The molecule has 0 fully saturated rings. The van der Waals surface area contributed by atoms with E-state index >= 15 is 0 Å². The summed E-state index contributed by atoms with van der Waals surface area (Å²) in [6, 6.07) is 8.22. The lowest BCUT2D eigenvalue weighted by atomic mass is 10.3. The summed E-state index contributed by atoms with van der Waals surface area (Å²) in [7, 11) is 0. The molecular formula is C12H13N3S. The third-order valence-corrected chi connectivity index (χ3v) is 3.40. The van der Waals surface area contributed by atoms with E-state index in [0.29, 0.717) is 0 Å². The summed E-state index contributed by atoms with van der Waals surface area (Å²) < 4.78 is 2.06. The molecule has 0 atom stereocenters. The maximum Gasteiger partial charge on any atom is 0.100 e. The van der Waals surface area contributed by atoms with E-state index in [0.717, 1.165) is 12.1 Å². The second-order valence-electron chi connectivity index (χ2n) is 3.70. The summed E-state index contributed by atoms with van der Waals surface area (Å²) in [5, 5.41) is 10.6. The Hall–Kier alpha value is -1.73. The summed E-state index contributed by atoms with van der Waals surface area (Å²) in [5.41, 5.74) is 6.45. The van der Waals surface area contributed by atoms with Crippen LogP contribution >= 0.6 is 11.3 Å². The Balaban J connectivity index is 2.05. The number of aryl methyl sites for hydroxylation is 2. The molecule has 0 bridgehead atoms. The molecule has 2 rings (SSSR count). The van der Waals surface area contributed by atoms with Gasteiger partial charge in [0, 0.05) is 21.6 Å². The van der Waals surface area contributed by atoms with E-state index in [1.54, 1.807) is 11.3 Å². The monoisotopic (exact) mass is 231 g/mol. The zero-order valence-electron chi connectivity index (χ0n) is 9.32. The van der Waals surface area contributed by atoms with E-state index in [9.17, 15) is 0 Å². The van der Waals surface area contributed by atoms with E-state index in [1.807, 2.05) is 11.4 Å². The fourth-order valence-corrected chi connectivity index (χ4v) is 2.35. The lowest BCUT2D eigenvalue weighted by molar-refractivity contribution is 0.797. The number of rotatable bonds is 3. The van der Waals surface area contributed by atoms with Gasteiger partial charge in [0.15, 0.2) is 0 Å². The third-order valence-electron chi connectivity index (χ3n) is 2.47. The molecule has 0 aliphatic carbocycles. The van der Waals surface area contributed by atoms with Gasteiger partial charge < -0.3 is 5.43 Å². The Kier molecular flexibility index (Phi) is 2.97. The zero-order valence-corrected chi connectivity index (χ0v) is 10.1. The van der Waals surface area contributed by atoms with E-state index in [-0.39, 0.29) is 0 Å². The van der Waals surface area contributed by atoms with Crippen LogP contribution in [0.2, 0.25) is 0 Å². The Bertz CT molecular complexity index is 511. The van der Waals surface area contributed by atoms with Crippen molar-refractivity contribution in [2.75, 3.05) is 5.43 Å². The minimum atomic E-state index is 0.739. The second kappa shape index (κ2) is 4.42. The van der Waals surface area contributed by atoms with Crippen LogP contribution in [0.4, 0.5) is 0 Å². The number of hydrogen-bond acceptors (Lipinski definition) is 3. The molecule has 2 aromatic heterocycles. The van der Waals surface area contributed by atoms with Crippen molar-refractivity contribution < 1.29 is 0 Å². The summed E-state index contributed by atoms with van der Waals surface area (Å²) >= 11 is 1.61. The molecule has 0 radical (unpaired) electrons. The van der Waals surface area contributed by atoms with E-state index < -0.39 is 0 Å². The number of nitriles is 1. The standard InChI is InChI=1S/C12H13N3S/c1-9-3-4-10(2)15(9)14-7-12-5-11(6-13)8-16-12/h3-5,8,14H,7H2,1-2H3. The van der Waals surface area contributed by atoms with Gasteiger partial charge in [0.1, 0.15) is 6.07 Å². The van der Waals surface area contributed by atoms with Gasteiger partial charge in [0.2, 0.25) is 0 Å². The Morgan fingerprint density at radius 1 is 1.38 bits per heavy atom. The molecule has 0 aliphatic rings. The van der Waals surface area contributed by atoms with Crippen LogP contribution in [-0.4, -0.2) is 4.68 Å². The summed E-state index contributed by atoms with van der Waals surface area (Å²) in [6.07, 6.45) is 0. The molecule has 0 spiro atoms. The minimum Gasteiger partial charge on any atom is -0.321 e. The van der Waals surface area contributed by atoms with Crippen LogP contribution in [0.3, 0.4) is 0 Å². The van der Waals surface area contributed by atoms with Crippen molar-refractivity contribution in [3.8, 4) is 6.07 Å². The third kappa shape index (κ3) is 2.10. The molecule has 82 valence electrons. The smallest absolute Gasteiger partial charge is 0.100 e. The average Bonchev–Trinajstić information content (AvgIpc) is 2.85. The maximum absolute atomic E-state index is 8.72. The molecular weight excluding hydrogens is 218 g/mol. The Morgan fingerprint density at radius 3 is 2.62 bits per heavy atom. The van der Waals surface area contributed by atoms with E-state index in [4.69, 9.17) is 5.26 Å². The number of nitrogens with zero attached hydrogens (tertiary/aromatic N) is 2. The van der Waals surface area contributed by atoms with Gasteiger partial charge >= 0.3 is 0 Å². The zero-order chi connectivity index (χ0) is 11.5. The van der Waals surface area contributed by atoms with Crippen molar-refractivity contribution in [2.45, 2.75) is 20.4 Å². The van der Waals surface area contributed by atoms with E-state index in [2.05, 4.69) is 42.2 Å². The quantitative estimate of drug-likeness (QED) is 0.882. The average molecular weight is 231 g/mol. The summed E-state index contributed by atoms with van der Waals surface area (Å²) in [6.45, 7) is 4.88. The maximum atomic E-state index is 8.72. The normalized spacial score (nSPS) is 10.1. The van der Waals surface area contributed by atoms with Crippen LogP contribution in [0.15, 0.2) is 23.6 Å². The van der Waals surface area contributed by atoms with Crippen LogP contribution < -0.4 is 5.43 Å². The van der Waals surface area contributed by atoms with Gasteiger partial charge in [-0.3, -0.25) is 4.68 Å². The van der Waals surface area contributed by atoms with Gasteiger partial charge in [0.05, 0.1) is 12.1 Å². The van der Waals surface area contributed by atoms with Crippen molar-refractivity contribution in [2.24, 2.45) is 0 Å². The van der Waals surface area contributed by atoms with Crippen molar-refractivity contribution in [3.63, 3.8) is 0 Å². The molecule has 0 saturated carbocycles.